The highest BCUT2D eigenvalue weighted by Gasteiger charge is 2.10. The zero-order chi connectivity index (χ0) is 13.8. The second kappa shape index (κ2) is 5.62. The Hall–Kier alpha value is -2.54. The molecule has 20 heavy (non-hydrogen) atoms. The van der Waals surface area contributed by atoms with Gasteiger partial charge in [0.15, 0.2) is 0 Å². The molecule has 3 aromatic rings. The standard InChI is InChI=1S/C19H17N/c1-20-18-14-8-13-17(15-9-4-2-5-10-15)19(18)16-11-6-3-7-12-16/h2-14,20H,1H3. The van der Waals surface area contributed by atoms with E-state index in [0.29, 0.717) is 0 Å². The number of anilines is 1. The summed E-state index contributed by atoms with van der Waals surface area (Å²) in [5.41, 5.74) is 6.13. The van der Waals surface area contributed by atoms with Crippen LogP contribution in [0.3, 0.4) is 0 Å². The fourth-order valence-corrected chi connectivity index (χ4v) is 2.53. The molecule has 0 radical (unpaired) electrons. The van der Waals surface area contributed by atoms with Gasteiger partial charge in [0.05, 0.1) is 0 Å². The van der Waals surface area contributed by atoms with Crippen LogP contribution in [0.25, 0.3) is 22.3 Å². The molecular weight excluding hydrogens is 242 g/mol. The fraction of sp³-hybridized carbons (Fsp3) is 0.0526. The predicted octanol–water partition coefficient (Wildman–Crippen LogP) is 5.06. The van der Waals surface area contributed by atoms with E-state index in [9.17, 15) is 0 Å². The molecule has 0 unspecified atom stereocenters. The highest BCUT2D eigenvalue weighted by molar-refractivity contribution is 5.91. The van der Waals surface area contributed by atoms with Gasteiger partial charge in [-0.15, -0.1) is 0 Å². The fourth-order valence-electron chi connectivity index (χ4n) is 2.53. The summed E-state index contributed by atoms with van der Waals surface area (Å²) in [7, 11) is 1.97. The lowest BCUT2D eigenvalue weighted by atomic mass is 9.93. The third-order valence-corrected chi connectivity index (χ3v) is 3.48. The van der Waals surface area contributed by atoms with Crippen molar-refractivity contribution < 1.29 is 0 Å². The van der Waals surface area contributed by atoms with E-state index in [-0.39, 0.29) is 0 Å². The van der Waals surface area contributed by atoms with Crippen LogP contribution in [0.5, 0.6) is 0 Å². The number of hydrogen-bond acceptors (Lipinski definition) is 1. The SMILES string of the molecule is CNc1cccc(-c2ccccc2)c1-c1ccccc1. The molecule has 1 N–H and O–H groups in total. The molecule has 0 saturated carbocycles. The molecule has 0 aliphatic rings. The van der Waals surface area contributed by atoms with E-state index in [2.05, 4.69) is 72.0 Å². The maximum absolute atomic E-state index is 3.30. The zero-order valence-electron chi connectivity index (χ0n) is 11.5. The van der Waals surface area contributed by atoms with E-state index in [1.807, 2.05) is 19.2 Å². The second-order valence-electron chi connectivity index (χ2n) is 4.71. The Labute approximate surface area is 119 Å². The number of benzene rings is 3. The van der Waals surface area contributed by atoms with Gasteiger partial charge in [0.25, 0.3) is 0 Å². The van der Waals surface area contributed by atoms with E-state index in [1.165, 1.54) is 22.3 Å². The Morgan fingerprint density at radius 3 is 1.80 bits per heavy atom. The van der Waals surface area contributed by atoms with E-state index in [1.54, 1.807) is 0 Å². The highest BCUT2D eigenvalue weighted by Crippen LogP contribution is 2.37. The van der Waals surface area contributed by atoms with Crippen molar-refractivity contribution in [2.45, 2.75) is 0 Å². The first-order chi connectivity index (χ1) is 9.90. The summed E-state index contributed by atoms with van der Waals surface area (Å²) in [6.07, 6.45) is 0. The van der Waals surface area contributed by atoms with Gasteiger partial charge in [-0.25, -0.2) is 0 Å². The molecule has 1 nitrogen and oxygen atoms in total. The first-order valence-electron chi connectivity index (χ1n) is 6.82. The molecule has 0 aromatic heterocycles. The molecule has 0 heterocycles. The smallest absolute Gasteiger partial charge is 0.0423 e. The van der Waals surface area contributed by atoms with Gasteiger partial charge in [0.2, 0.25) is 0 Å². The van der Waals surface area contributed by atoms with Crippen molar-refractivity contribution in [2.75, 3.05) is 12.4 Å². The summed E-state index contributed by atoms with van der Waals surface area (Å²) in [6, 6.07) is 27.4. The Kier molecular flexibility index (Phi) is 3.51. The molecule has 98 valence electrons. The zero-order valence-corrected chi connectivity index (χ0v) is 11.5. The highest BCUT2D eigenvalue weighted by atomic mass is 14.8. The molecule has 0 saturated heterocycles. The van der Waals surface area contributed by atoms with E-state index in [4.69, 9.17) is 0 Å². The molecule has 3 aromatic carbocycles. The van der Waals surface area contributed by atoms with Gasteiger partial charge < -0.3 is 5.32 Å². The Bertz CT molecular complexity index is 687. The van der Waals surface area contributed by atoms with Crippen LogP contribution in [0.15, 0.2) is 78.9 Å². The number of hydrogen-bond donors (Lipinski definition) is 1. The summed E-state index contributed by atoms with van der Waals surface area (Å²) in [5.74, 6) is 0. The van der Waals surface area contributed by atoms with Gasteiger partial charge in [0, 0.05) is 18.3 Å². The van der Waals surface area contributed by atoms with Crippen LogP contribution in [0.4, 0.5) is 5.69 Å². The number of rotatable bonds is 3. The van der Waals surface area contributed by atoms with E-state index >= 15 is 0 Å². The summed E-state index contributed by atoms with van der Waals surface area (Å²) in [5, 5.41) is 3.30. The maximum Gasteiger partial charge on any atom is 0.0423 e. The first kappa shape index (κ1) is 12.5. The summed E-state index contributed by atoms with van der Waals surface area (Å²) in [6.45, 7) is 0. The van der Waals surface area contributed by atoms with Crippen molar-refractivity contribution in [1.29, 1.82) is 0 Å². The lowest BCUT2D eigenvalue weighted by Gasteiger charge is -2.15. The molecule has 0 bridgehead atoms. The van der Waals surface area contributed by atoms with Crippen molar-refractivity contribution >= 4 is 5.69 Å². The van der Waals surface area contributed by atoms with Crippen molar-refractivity contribution in [2.24, 2.45) is 0 Å². The molecule has 0 aliphatic heterocycles. The predicted molar refractivity (Wildman–Crippen MR) is 86.9 cm³/mol. The minimum Gasteiger partial charge on any atom is -0.388 e. The molecule has 0 aliphatic carbocycles. The third-order valence-electron chi connectivity index (χ3n) is 3.48. The van der Waals surface area contributed by atoms with Crippen LogP contribution >= 0.6 is 0 Å². The molecular formula is C19H17N. The van der Waals surface area contributed by atoms with Gasteiger partial charge in [-0.2, -0.15) is 0 Å². The van der Waals surface area contributed by atoms with Gasteiger partial charge in [-0.05, 0) is 22.8 Å². The van der Waals surface area contributed by atoms with Crippen LogP contribution in [0.1, 0.15) is 0 Å². The quantitative estimate of drug-likeness (QED) is 0.693. The Morgan fingerprint density at radius 2 is 1.20 bits per heavy atom. The van der Waals surface area contributed by atoms with Gasteiger partial charge in [-0.1, -0.05) is 72.8 Å². The van der Waals surface area contributed by atoms with Crippen LogP contribution in [0, 0.1) is 0 Å². The summed E-state index contributed by atoms with van der Waals surface area (Å²) < 4.78 is 0. The van der Waals surface area contributed by atoms with Crippen molar-refractivity contribution in [3.63, 3.8) is 0 Å². The topological polar surface area (TPSA) is 12.0 Å². The summed E-state index contributed by atoms with van der Waals surface area (Å²) >= 11 is 0. The monoisotopic (exact) mass is 259 g/mol. The average molecular weight is 259 g/mol. The third kappa shape index (κ3) is 2.30. The Morgan fingerprint density at radius 1 is 0.600 bits per heavy atom. The van der Waals surface area contributed by atoms with Gasteiger partial charge in [0.1, 0.15) is 0 Å². The van der Waals surface area contributed by atoms with Crippen molar-refractivity contribution in [1.82, 2.24) is 0 Å². The van der Waals surface area contributed by atoms with Crippen LogP contribution < -0.4 is 5.32 Å². The van der Waals surface area contributed by atoms with Crippen molar-refractivity contribution in [3.8, 4) is 22.3 Å². The molecule has 0 spiro atoms. The lowest BCUT2D eigenvalue weighted by molar-refractivity contribution is 1.49. The average Bonchev–Trinajstić information content (AvgIpc) is 2.55. The molecule has 3 rings (SSSR count). The minimum atomic E-state index is 1.15. The molecule has 0 amide bonds. The Balaban J connectivity index is 2.26. The second-order valence-corrected chi connectivity index (χ2v) is 4.71. The first-order valence-corrected chi connectivity index (χ1v) is 6.82. The van der Waals surface area contributed by atoms with Crippen molar-refractivity contribution in [3.05, 3.63) is 78.9 Å². The molecule has 1 heteroatoms. The molecule has 0 atom stereocenters. The van der Waals surface area contributed by atoms with Crippen LogP contribution in [0.2, 0.25) is 0 Å². The summed E-state index contributed by atoms with van der Waals surface area (Å²) in [4.78, 5) is 0. The van der Waals surface area contributed by atoms with Crippen LogP contribution in [-0.4, -0.2) is 7.05 Å². The van der Waals surface area contributed by atoms with E-state index in [0.717, 1.165) is 5.69 Å². The normalized spacial score (nSPS) is 10.2. The largest absolute Gasteiger partial charge is 0.388 e. The van der Waals surface area contributed by atoms with Gasteiger partial charge in [-0.3, -0.25) is 0 Å². The molecule has 0 fully saturated rings. The maximum atomic E-state index is 3.30. The lowest BCUT2D eigenvalue weighted by Crippen LogP contribution is -1.94. The van der Waals surface area contributed by atoms with E-state index < -0.39 is 0 Å². The van der Waals surface area contributed by atoms with Crippen LogP contribution in [-0.2, 0) is 0 Å². The van der Waals surface area contributed by atoms with Gasteiger partial charge >= 0.3 is 0 Å². The minimum absolute atomic E-state index is 1.15. The number of nitrogens with one attached hydrogen (secondary N) is 1.